The number of nitrogens with two attached hydrogens (primary N) is 1. The maximum Gasteiger partial charge on any atom is 0.191 e. The fourth-order valence-electron chi connectivity index (χ4n) is 2.34. The number of anilines is 1. The van der Waals surface area contributed by atoms with Crippen molar-refractivity contribution in [2.45, 2.75) is 35.7 Å². The van der Waals surface area contributed by atoms with E-state index in [0.29, 0.717) is 21.7 Å². The van der Waals surface area contributed by atoms with E-state index in [4.69, 9.17) is 21.8 Å². The van der Waals surface area contributed by atoms with Crippen molar-refractivity contribution in [1.82, 2.24) is 15.0 Å². The van der Waals surface area contributed by atoms with Crippen LogP contribution < -0.4 is 5.73 Å². The van der Waals surface area contributed by atoms with Crippen molar-refractivity contribution >= 4 is 51.9 Å². The van der Waals surface area contributed by atoms with Crippen LogP contribution in [0.4, 0.5) is 5.82 Å². The number of hydrogen-bond donors (Lipinski definition) is 1. The van der Waals surface area contributed by atoms with Crippen LogP contribution in [0.25, 0.3) is 11.0 Å². The molecule has 0 aliphatic carbocycles. The number of fused-ring (bicyclic) bond motifs is 1. The fourth-order valence-corrected chi connectivity index (χ4v) is 3.93. The first-order valence-electron chi connectivity index (χ1n) is 7.43. The van der Waals surface area contributed by atoms with Crippen LogP contribution in [0.1, 0.15) is 30.4 Å². The smallest absolute Gasteiger partial charge is 0.191 e. The molecule has 1 atom stereocenters. The maximum atomic E-state index is 6.28. The van der Waals surface area contributed by atoms with E-state index in [1.54, 1.807) is 12.3 Å². The molecule has 3 aromatic rings. The molecule has 0 saturated carbocycles. The van der Waals surface area contributed by atoms with E-state index in [9.17, 15) is 0 Å². The Labute approximate surface area is 153 Å². The fraction of sp³-hybridized carbons (Fsp3) is 0.312. The molecule has 0 amide bonds. The molecular formula is C16H17ClN4OS2. The molecule has 0 aromatic carbocycles. The van der Waals surface area contributed by atoms with Crippen LogP contribution in [-0.2, 0) is 6.42 Å². The van der Waals surface area contributed by atoms with Crippen LogP contribution in [-0.4, -0.2) is 21.2 Å². The lowest BCUT2D eigenvalue weighted by Gasteiger charge is -2.11. The second kappa shape index (κ2) is 7.21. The number of nitrogens with zero attached hydrogens (tertiary/aromatic N) is 3. The first-order chi connectivity index (χ1) is 11.5. The standard InChI is InChI=1S/C16H17ClN4OS2/c1-4-9-7-22-14-10(9)5-11(19-15(14)17)8(2)24-16-20-12(18)6-13(21-16)23-3/h5-8H,4H2,1-3H3,(H2,18,20,21). The van der Waals surface area contributed by atoms with Gasteiger partial charge >= 0.3 is 0 Å². The van der Waals surface area contributed by atoms with Crippen molar-refractivity contribution < 1.29 is 4.42 Å². The van der Waals surface area contributed by atoms with Crippen molar-refractivity contribution in [2.75, 3.05) is 12.0 Å². The number of furan rings is 1. The van der Waals surface area contributed by atoms with Crippen molar-refractivity contribution in [3.8, 4) is 0 Å². The van der Waals surface area contributed by atoms with E-state index in [1.807, 2.05) is 19.2 Å². The zero-order valence-corrected chi connectivity index (χ0v) is 15.9. The number of hydrogen-bond acceptors (Lipinski definition) is 7. The van der Waals surface area contributed by atoms with Crippen molar-refractivity contribution in [1.29, 1.82) is 0 Å². The summed E-state index contributed by atoms with van der Waals surface area (Å²) in [5, 5.41) is 2.91. The molecule has 0 aliphatic rings. The largest absolute Gasteiger partial charge is 0.461 e. The van der Waals surface area contributed by atoms with E-state index in [1.165, 1.54) is 23.5 Å². The van der Waals surface area contributed by atoms with Gasteiger partial charge in [0.05, 0.1) is 17.2 Å². The van der Waals surface area contributed by atoms with Gasteiger partial charge in [-0.15, -0.1) is 11.8 Å². The topological polar surface area (TPSA) is 77.8 Å². The molecule has 3 aromatic heterocycles. The average molecular weight is 381 g/mol. The van der Waals surface area contributed by atoms with Crippen LogP contribution >= 0.6 is 35.1 Å². The van der Waals surface area contributed by atoms with E-state index in [-0.39, 0.29) is 5.25 Å². The minimum absolute atomic E-state index is 0.0306. The van der Waals surface area contributed by atoms with E-state index in [0.717, 1.165) is 28.1 Å². The Kier molecular flexibility index (Phi) is 5.22. The van der Waals surface area contributed by atoms with Crippen molar-refractivity contribution in [3.63, 3.8) is 0 Å². The summed E-state index contributed by atoms with van der Waals surface area (Å²) >= 11 is 9.33. The second-order valence-electron chi connectivity index (χ2n) is 5.21. The zero-order chi connectivity index (χ0) is 17.3. The highest BCUT2D eigenvalue weighted by Gasteiger charge is 2.17. The number of thioether (sulfide) groups is 2. The third-order valence-electron chi connectivity index (χ3n) is 3.61. The predicted octanol–water partition coefficient (Wildman–Crippen LogP) is 4.99. The normalized spacial score (nSPS) is 12.7. The monoisotopic (exact) mass is 380 g/mol. The molecular weight excluding hydrogens is 364 g/mol. The van der Waals surface area contributed by atoms with E-state index in [2.05, 4.69) is 21.9 Å². The van der Waals surface area contributed by atoms with Gasteiger partial charge in [0.25, 0.3) is 0 Å². The van der Waals surface area contributed by atoms with E-state index < -0.39 is 0 Å². The summed E-state index contributed by atoms with van der Waals surface area (Å²) in [6, 6.07) is 3.79. The summed E-state index contributed by atoms with van der Waals surface area (Å²) in [5.41, 5.74) is 8.47. The number of aryl methyl sites for hydroxylation is 1. The van der Waals surface area contributed by atoms with Gasteiger partial charge in [-0.25, -0.2) is 15.0 Å². The first kappa shape index (κ1) is 17.4. The lowest BCUT2D eigenvalue weighted by Crippen LogP contribution is -1.99. The second-order valence-corrected chi connectivity index (χ2v) is 7.70. The lowest BCUT2D eigenvalue weighted by atomic mass is 10.1. The Hall–Kier alpha value is -1.44. The van der Waals surface area contributed by atoms with Gasteiger partial charge in [-0.2, -0.15) is 0 Å². The minimum atomic E-state index is 0.0306. The van der Waals surface area contributed by atoms with Gasteiger partial charge in [-0.3, -0.25) is 0 Å². The van der Waals surface area contributed by atoms with Gasteiger partial charge < -0.3 is 10.2 Å². The molecule has 24 heavy (non-hydrogen) atoms. The number of aromatic nitrogens is 3. The van der Waals surface area contributed by atoms with Crippen LogP contribution in [0, 0.1) is 0 Å². The molecule has 0 radical (unpaired) electrons. The third kappa shape index (κ3) is 3.48. The molecule has 1 unspecified atom stereocenters. The Morgan fingerprint density at radius 2 is 2.08 bits per heavy atom. The van der Waals surface area contributed by atoms with Gasteiger partial charge in [0.15, 0.2) is 15.9 Å². The van der Waals surface area contributed by atoms with Crippen molar-refractivity contribution in [2.24, 2.45) is 0 Å². The Bertz CT molecular complexity index is 884. The quantitative estimate of drug-likeness (QED) is 0.289. The summed E-state index contributed by atoms with van der Waals surface area (Å²) in [4.78, 5) is 13.2. The molecule has 8 heteroatoms. The highest BCUT2D eigenvalue weighted by Crippen LogP contribution is 2.36. The molecule has 0 saturated heterocycles. The highest BCUT2D eigenvalue weighted by atomic mass is 35.5. The molecule has 0 spiro atoms. The van der Waals surface area contributed by atoms with Gasteiger partial charge in [-0.05, 0) is 31.2 Å². The number of nitrogen functional groups attached to an aromatic ring is 1. The average Bonchev–Trinajstić information content (AvgIpc) is 2.97. The molecule has 0 fully saturated rings. The van der Waals surface area contributed by atoms with Crippen molar-refractivity contribution in [3.05, 3.63) is 34.8 Å². The molecule has 5 nitrogen and oxygen atoms in total. The summed E-state index contributed by atoms with van der Waals surface area (Å²) in [6.45, 7) is 4.13. The first-order valence-corrected chi connectivity index (χ1v) is 9.91. The maximum absolute atomic E-state index is 6.28. The SMILES string of the molecule is CCc1coc2c(Cl)nc(C(C)Sc3nc(N)cc(SC)n3)cc12. The molecule has 3 heterocycles. The molecule has 0 bridgehead atoms. The molecule has 2 N–H and O–H groups in total. The lowest BCUT2D eigenvalue weighted by molar-refractivity contribution is 0.609. The van der Waals surface area contributed by atoms with Crippen LogP contribution in [0.3, 0.4) is 0 Å². The number of halogens is 1. The van der Waals surface area contributed by atoms with Crippen LogP contribution in [0.5, 0.6) is 0 Å². The van der Waals surface area contributed by atoms with Gasteiger partial charge in [0, 0.05) is 11.5 Å². The van der Waals surface area contributed by atoms with E-state index >= 15 is 0 Å². The number of pyridine rings is 1. The van der Waals surface area contributed by atoms with Crippen LogP contribution in [0.2, 0.25) is 5.15 Å². The molecule has 126 valence electrons. The minimum Gasteiger partial charge on any atom is -0.461 e. The summed E-state index contributed by atoms with van der Waals surface area (Å²) < 4.78 is 5.52. The number of rotatable bonds is 5. The summed E-state index contributed by atoms with van der Waals surface area (Å²) in [5.74, 6) is 0.466. The predicted molar refractivity (Wildman–Crippen MR) is 101 cm³/mol. The molecule has 3 rings (SSSR count). The zero-order valence-electron chi connectivity index (χ0n) is 13.5. The third-order valence-corrected chi connectivity index (χ3v) is 5.48. The van der Waals surface area contributed by atoms with Gasteiger partial charge in [0.2, 0.25) is 0 Å². The van der Waals surface area contributed by atoms with Gasteiger partial charge in [0.1, 0.15) is 10.8 Å². The van der Waals surface area contributed by atoms with Crippen LogP contribution in [0.15, 0.2) is 33.0 Å². The Balaban J connectivity index is 1.93. The Morgan fingerprint density at radius 1 is 1.29 bits per heavy atom. The summed E-state index contributed by atoms with van der Waals surface area (Å²) in [6.07, 6.45) is 4.58. The Morgan fingerprint density at radius 3 is 2.79 bits per heavy atom. The van der Waals surface area contributed by atoms with Gasteiger partial charge in [-0.1, -0.05) is 30.3 Å². The highest BCUT2D eigenvalue weighted by molar-refractivity contribution is 7.99. The molecule has 0 aliphatic heterocycles. The summed E-state index contributed by atoms with van der Waals surface area (Å²) in [7, 11) is 0.